The van der Waals surface area contributed by atoms with E-state index in [1.807, 2.05) is 5.38 Å². The molecule has 1 aromatic carbocycles. The van der Waals surface area contributed by atoms with Gasteiger partial charge in [0.15, 0.2) is 0 Å². The van der Waals surface area contributed by atoms with Gasteiger partial charge in [0.2, 0.25) is 0 Å². The Hall–Kier alpha value is -1.88. The van der Waals surface area contributed by atoms with E-state index in [9.17, 15) is 9.18 Å². The number of benzene rings is 1. The monoisotopic (exact) mass is 319 g/mol. The van der Waals surface area contributed by atoms with Gasteiger partial charge in [0, 0.05) is 10.9 Å². The van der Waals surface area contributed by atoms with Crippen molar-refractivity contribution < 1.29 is 13.9 Å². The lowest BCUT2D eigenvalue weighted by Gasteiger charge is -2.22. The molecule has 3 rings (SSSR count). The van der Waals surface area contributed by atoms with E-state index in [2.05, 4.69) is 0 Å². The van der Waals surface area contributed by atoms with Crippen molar-refractivity contribution in [3.05, 3.63) is 41.0 Å². The molecule has 1 aliphatic carbocycles. The third-order valence-electron chi connectivity index (χ3n) is 4.00. The molecular formula is C17H18FNO2S. The zero-order valence-corrected chi connectivity index (χ0v) is 13.0. The number of halogens is 1. The average molecular weight is 319 g/mol. The second-order valence-electron chi connectivity index (χ2n) is 5.56. The van der Waals surface area contributed by atoms with Crippen LogP contribution >= 0.6 is 11.3 Å². The number of esters is 1. The summed E-state index contributed by atoms with van der Waals surface area (Å²) >= 11 is 1.30. The molecule has 3 nitrogen and oxygen atoms in total. The molecule has 1 heterocycles. The van der Waals surface area contributed by atoms with Crippen LogP contribution in [0.5, 0.6) is 0 Å². The van der Waals surface area contributed by atoms with Crippen LogP contribution in [0.15, 0.2) is 29.6 Å². The van der Waals surface area contributed by atoms with Gasteiger partial charge in [-0.25, -0.2) is 9.18 Å². The molecule has 22 heavy (non-hydrogen) atoms. The van der Waals surface area contributed by atoms with E-state index >= 15 is 0 Å². The highest BCUT2D eigenvalue weighted by molar-refractivity contribution is 7.14. The lowest BCUT2D eigenvalue weighted by molar-refractivity contribution is 0.0214. The van der Waals surface area contributed by atoms with Crippen molar-refractivity contribution in [3.8, 4) is 11.1 Å². The highest BCUT2D eigenvalue weighted by Crippen LogP contribution is 2.35. The standard InChI is InChI=1S/C17H18FNO2S/c18-12-8-6-11(7-9-12)14-10-22-16(19)15(14)17(20)21-13-4-2-1-3-5-13/h6-10,13H,1-5,19H2. The Bertz CT molecular complexity index is 660. The largest absolute Gasteiger partial charge is 0.459 e. The van der Waals surface area contributed by atoms with Crippen LogP contribution in [0.2, 0.25) is 0 Å². The molecule has 5 heteroatoms. The molecular weight excluding hydrogens is 301 g/mol. The molecule has 0 amide bonds. The van der Waals surface area contributed by atoms with E-state index < -0.39 is 0 Å². The fourth-order valence-electron chi connectivity index (χ4n) is 2.82. The number of thiophene rings is 1. The van der Waals surface area contributed by atoms with Gasteiger partial charge in [-0.1, -0.05) is 18.6 Å². The van der Waals surface area contributed by atoms with Gasteiger partial charge in [0.05, 0.1) is 0 Å². The maximum atomic E-state index is 13.1. The number of carbonyl (C=O) groups is 1. The third-order valence-corrected chi connectivity index (χ3v) is 4.82. The van der Waals surface area contributed by atoms with E-state index in [1.165, 1.54) is 29.9 Å². The van der Waals surface area contributed by atoms with Crippen LogP contribution in [0.25, 0.3) is 11.1 Å². The summed E-state index contributed by atoms with van der Waals surface area (Å²) in [5.41, 5.74) is 7.84. The van der Waals surface area contributed by atoms with Gasteiger partial charge < -0.3 is 10.5 Å². The van der Waals surface area contributed by atoms with Crippen LogP contribution in [-0.4, -0.2) is 12.1 Å². The first-order valence-electron chi connectivity index (χ1n) is 7.49. The van der Waals surface area contributed by atoms with Gasteiger partial charge in [-0.05, 0) is 43.4 Å². The topological polar surface area (TPSA) is 52.3 Å². The van der Waals surface area contributed by atoms with Crippen molar-refractivity contribution in [3.63, 3.8) is 0 Å². The van der Waals surface area contributed by atoms with Crippen LogP contribution in [0.3, 0.4) is 0 Å². The first kappa shape index (κ1) is 15.0. The minimum absolute atomic E-state index is 0.0124. The second kappa shape index (κ2) is 6.48. The highest BCUT2D eigenvalue weighted by Gasteiger charge is 2.24. The zero-order valence-electron chi connectivity index (χ0n) is 12.2. The number of rotatable bonds is 3. The molecule has 0 radical (unpaired) electrons. The van der Waals surface area contributed by atoms with Crippen molar-refractivity contribution in [2.24, 2.45) is 0 Å². The summed E-state index contributed by atoms with van der Waals surface area (Å²) in [7, 11) is 0. The molecule has 0 unspecified atom stereocenters. The smallest absolute Gasteiger partial charge is 0.342 e. The van der Waals surface area contributed by atoms with Crippen LogP contribution in [0, 0.1) is 5.82 Å². The number of hydrogen-bond donors (Lipinski definition) is 1. The molecule has 0 spiro atoms. The molecule has 1 aromatic heterocycles. The van der Waals surface area contributed by atoms with Crippen LogP contribution in [-0.2, 0) is 4.74 Å². The van der Waals surface area contributed by atoms with Crippen LogP contribution in [0.4, 0.5) is 9.39 Å². The Balaban J connectivity index is 1.85. The maximum Gasteiger partial charge on any atom is 0.342 e. The Labute approximate surface area is 132 Å². The minimum Gasteiger partial charge on any atom is -0.459 e. The molecule has 1 fully saturated rings. The Kier molecular flexibility index (Phi) is 4.43. The zero-order chi connectivity index (χ0) is 15.5. The Morgan fingerprint density at radius 2 is 1.86 bits per heavy atom. The normalized spacial score (nSPS) is 15.7. The SMILES string of the molecule is Nc1scc(-c2ccc(F)cc2)c1C(=O)OC1CCCCC1. The minimum atomic E-state index is -0.370. The average Bonchev–Trinajstić information content (AvgIpc) is 2.91. The van der Waals surface area contributed by atoms with Crippen molar-refractivity contribution >= 4 is 22.3 Å². The van der Waals surface area contributed by atoms with Gasteiger partial charge in [-0.15, -0.1) is 11.3 Å². The van der Waals surface area contributed by atoms with Gasteiger partial charge in [0.25, 0.3) is 0 Å². The molecule has 1 saturated carbocycles. The molecule has 2 aromatic rings. The van der Waals surface area contributed by atoms with E-state index in [0.717, 1.165) is 31.2 Å². The first-order valence-corrected chi connectivity index (χ1v) is 8.37. The Morgan fingerprint density at radius 1 is 1.18 bits per heavy atom. The number of nitrogens with two attached hydrogens (primary N) is 1. The molecule has 116 valence electrons. The number of ether oxygens (including phenoxy) is 1. The number of nitrogen functional groups attached to an aromatic ring is 1. The summed E-state index contributed by atoms with van der Waals surface area (Å²) in [4.78, 5) is 12.5. The lowest BCUT2D eigenvalue weighted by atomic mass is 9.97. The number of carbonyl (C=O) groups excluding carboxylic acids is 1. The maximum absolute atomic E-state index is 13.1. The Morgan fingerprint density at radius 3 is 2.55 bits per heavy atom. The number of anilines is 1. The summed E-state index contributed by atoms with van der Waals surface area (Å²) in [6.45, 7) is 0. The molecule has 2 N–H and O–H groups in total. The fraction of sp³-hybridized carbons (Fsp3) is 0.353. The van der Waals surface area contributed by atoms with Crippen LogP contribution in [0.1, 0.15) is 42.5 Å². The molecule has 0 saturated heterocycles. The van der Waals surface area contributed by atoms with Gasteiger partial charge >= 0.3 is 5.97 Å². The quantitative estimate of drug-likeness (QED) is 0.839. The summed E-state index contributed by atoms with van der Waals surface area (Å²) < 4.78 is 18.7. The molecule has 1 aliphatic rings. The van der Waals surface area contributed by atoms with E-state index in [0.29, 0.717) is 16.1 Å². The summed E-state index contributed by atoms with van der Waals surface area (Å²) in [5.74, 6) is -0.678. The van der Waals surface area contributed by atoms with Crippen LogP contribution < -0.4 is 5.73 Å². The lowest BCUT2D eigenvalue weighted by Crippen LogP contribution is -2.21. The highest BCUT2D eigenvalue weighted by atomic mass is 32.1. The molecule has 0 atom stereocenters. The summed E-state index contributed by atoms with van der Waals surface area (Å²) in [5, 5.41) is 2.26. The van der Waals surface area contributed by atoms with Crippen molar-refractivity contribution in [1.82, 2.24) is 0 Å². The van der Waals surface area contributed by atoms with E-state index in [4.69, 9.17) is 10.5 Å². The van der Waals surface area contributed by atoms with E-state index in [1.54, 1.807) is 12.1 Å². The van der Waals surface area contributed by atoms with Crippen molar-refractivity contribution in [2.75, 3.05) is 5.73 Å². The summed E-state index contributed by atoms with van der Waals surface area (Å²) in [6, 6.07) is 6.04. The predicted octanol–water partition coefficient (Wildman–Crippen LogP) is 4.63. The van der Waals surface area contributed by atoms with E-state index in [-0.39, 0.29) is 17.9 Å². The number of hydrogen-bond acceptors (Lipinski definition) is 4. The van der Waals surface area contributed by atoms with Crippen molar-refractivity contribution in [1.29, 1.82) is 0 Å². The fourth-order valence-corrected chi connectivity index (χ4v) is 3.63. The second-order valence-corrected chi connectivity index (χ2v) is 6.47. The van der Waals surface area contributed by atoms with Gasteiger partial charge in [-0.2, -0.15) is 0 Å². The third kappa shape index (κ3) is 3.14. The predicted molar refractivity (Wildman–Crippen MR) is 86.4 cm³/mol. The molecule has 0 bridgehead atoms. The van der Waals surface area contributed by atoms with Gasteiger partial charge in [-0.3, -0.25) is 0 Å². The van der Waals surface area contributed by atoms with Gasteiger partial charge in [0.1, 0.15) is 22.5 Å². The van der Waals surface area contributed by atoms with Crippen molar-refractivity contribution in [2.45, 2.75) is 38.2 Å². The first-order chi connectivity index (χ1) is 10.6. The molecule has 0 aliphatic heterocycles. The summed E-state index contributed by atoms with van der Waals surface area (Å²) in [6.07, 6.45) is 5.23.